The van der Waals surface area contributed by atoms with Gasteiger partial charge in [-0.25, -0.2) is 4.39 Å². The largest absolute Gasteiger partial charge is 0.339 e. The number of piperidine rings is 1. The van der Waals surface area contributed by atoms with Crippen molar-refractivity contribution in [2.24, 2.45) is 0 Å². The van der Waals surface area contributed by atoms with Crippen LogP contribution in [0.2, 0.25) is 0 Å². The SMILES string of the molecule is CCc1nc([C@@H]2CCCN(C(=O)c3ccccc3F)C2)no1. The molecule has 1 saturated heterocycles. The van der Waals surface area contributed by atoms with Gasteiger partial charge in [0.2, 0.25) is 5.89 Å². The summed E-state index contributed by atoms with van der Waals surface area (Å²) in [5.74, 6) is 0.536. The van der Waals surface area contributed by atoms with Gasteiger partial charge < -0.3 is 9.42 Å². The second kappa shape index (κ2) is 6.25. The van der Waals surface area contributed by atoms with E-state index >= 15 is 0 Å². The molecule has 1 aromatic carbocycles. The first-order valence-electron chi connectivity index (χ1n) is 7.55. The summed E-state index contributed by atoms with van der Waals surface area (Å²) in [4.78, 5) is 18.5. The minimum atomic E-state index is -0.484. The highest BCUT2D eigenvalue weighted by Gasteiger charge is 2.29. The molecule has 1 aliphatic heterocycles. The standard InChI is InChI=1S/C16H18FN3O2/c1-2-14-18-15(19-22-14)11-6-5-9-20(10-11)16(21)12-7-3-4-8-13(12)17/h3-4,7-8,11H,2,5-6,9-10H2,1H3/t11-/m1/s1. The molecule has 22 heavy (non-hydrogen) atoms. The van der Waals surface area contributed by atoms with Crippen LogP contribution < -0.4 is 0 Å². The number of halogens is 1. The van der Waals surface area contributed by atoms with Crippen molar-refractivity contribution >= 4 is 5.91 Å². The van der Waals surface area contributed by atoms with Crippen LogP contribution in [0.3, 0.4) is 0 Å². The average molecular weight is 303 g/mol. The molecule has 1 aliphatic rings. The number of hydrogen-bond acceptors (Lipinski definition) is 4. The van der Waals surface area contributed by atoms with Gasteiger partial charge in [0.25, 0.3) is 5.91 Å². The Bertz CT molecular complexity index is 671. The third-order valence-electron chi connectivity index (χ3n) is 3.96. The lowest BCUT2D eigenvalue weighted by Gasteiger charge is -2.31. The summed E-state index contributed by atoms with van der Waals surface area (Å²) < 4.78 is 18.9. The Kier molecular flexibility index (Phi) is 4.18. The topological polar surface area (TPSA) is 59.2 Å². The Labute approximate surface area is 128 Å². The maximum atomic E-state index is 13.8. The minimum absolute atomic E-state index is 0.0496. The van der Waals surface area contributed by atoms with Crippen LogP contribution in [0.4, 0.5) is 4.39 Å². The second-order valence-electron chi connectivity index (χ2n) is 5.47. The van der Waals surface area contributed by atoms with Crippen molar-refractivity contribution in [2.75, 3.05) is 13.1 Å². The monoisotopic (exact) mass is 303 g/mol. The number of aromatic nitrogens is 2. The number of likely N-dealkylation sites (tertiary alicyclic amines) is 1. The molecule has 1 atom stereocenters. The van der Waals surface area contributed by atoms with E-state index in [-0.39, 0.29) is 17.4 Å². The molecule has 0 radical (unpaired) electrons. The highest BCUT2D eigenvalue weighted by atomic mass is 19.1. The van der Waals surface area contributed by atoms with Gasteiger partial charge in [-0.3, -0.25) is 4.79 Å². The summed E-state index contributed by atoms with van der Waals surface area (Å²) in [6, 6.07) is 6.08. The van der Waals surface area contributed by atoms with Crippen molar-refractivity contribution < 1.29 is 13.7 Å². The fourth-order valence-electron chi connectivity index (χ4n) is 2.75. The molecule has 3 rings (SSSR count). The van der Waals surface area contributed by atoms with Crippen LogP contribution in [0.1, 0.15) is 47.8 Å². The van der Waals surface area contributed by atoms with Crippen LogP contribution in [0.5, 0.6) is 0 Å². The van der Waals surface area contributed by atoms with E-state index in [1.807, 2.05) is 6.92 Å². The van der Waals surface area contributed by atoms with Crippen LogP contribution in [-0.4, -0.2) is 34.0 Å². The summed E-state index contributed by atoms with van der Waals surface area (Å²) in [5.41, 5.74) is 0.116. The van der Waals surface area contributed by atoms with Gasteiger partial charge in [0, 0.05) is 25.4 Å². The van der Waals surface area contributed by atoms with Gasteiger partial charge >= 0.3 is 0 Å². The maximum absolute atomic E-state index is 13.8. The highest BCUT2D eigenvalue weighted by Crippen LogP contribution is 2.26. The summed E-state index contributed by atoms with van der Waals surface area (Å²) in [6.45, 7) is 3.07. The molecule has 0 N–H and O–H groups in total. The summed E-state index contributed by atoms with van der Waals surface area (Å²) in [7, 11) is 0. The number of aryl methyl sites for hydroxylation is 1. The normalized spacial score (nSPS) is 18.5. The number of hydrogen-bond donors (Lipinski definition) is 0. The van der Waals surface area contributed by atoms with E-state index in [0.29, 0.717) is 31.2 Å². The van der Waals surface area contributed by atoms with Crippen molar-refractivity contribution in [3.8, 4) is 0 Å². The van der Waals surface area contributed by atoms with Gasteiger partial charge in [0.1, 0.15) is 5.82 Å². The molecule has 1 amide bonds. The van der Waals surface area contributed by atoms with Crippen LogP contribution in [0.25, 0.3) is 0 Å². The van der Waals surface area contributed by atoms with E-state index in [0.717, 1.165) is 12.8 Å². The minimum Gasteiger partial charge on any atom is -0.339 e. The van der Waals surface area contributed by atoms with Gasteiger partial charge in [0.05, 0.1) is 5.56 Å². The van der Waals surface area contributed by atoms with E-state index in [1.165, 1.54) is 12.1 Å². The van der Waals surface area contributed by atoms with E-state index in [4.69, 9.17) is 4.52 Å². The number of nitrogens with zero attached hydrogens (tertiary/aromatic N) is 3. The van der Waals surface area contributed by atoms with Gasteiger partial charge in [0.15, 0.2) is 5.82 Å². The second-order valence-corrected chi connectivity index (χ2v) is 5.47. The molecule has 2 heterocycles. The summed E-state index contributed by atoms with van der Waals surface area (Å²) in [5, 5.41) is 4.00. The third-order valence-corrected chi connectivity index (χ3v) is 3.96. The van der Waals surface area contributed by atoms with E-state index in [2.05, 4.69) is 10.1 Å². The average Bonchev–Trinajstić information content (AvgIpc) is 3.04. The van der Waals surface area contributed by atoms with E-state index in [1.54, 1.807) is 17.0 Å². The number of benzene rings is 1. The Morgan fingerprint density at radius 3 is 3.00 bits per heavy atom. The molecule has 5 nitrogen and oxygen atoms in total. The van der Waals surface area contributed by atoms with E-state index in [9.17, 15) is 9.18 Å². The van der Waals surface area contributed by atoms with E-state index < -0.39 is 5.82 Å². The molecule has 0 spiro atoms. The number of rotatable bonds is 3. The van der Waals surface area contributed by atoms with Crippen molar-refractivity contribution in [2.45, 2.75) is 32.1 Å². The summed E-state index contributed by atoms with van der Waals surface area (Å²) in [6.07, 6.45) is 2.45. The zero-order valence-electron chi connectivity index (χ0n) is 12.5. The quantitative estimate of drug-likeness (QED) is 0.875. The van der Waals surface area contributed by atoms with Gasteiger partial charge in [-0.1, -0.05) is 24.2 Å². The number of carbonyl (C=O) groups excluding carboxylic acids is 1. The first-order chi connectivity index (χ1) is 10.7. The fourth-order valence-corrected chi connectivity index (χ4v) is 2.75. The molecular weight excluding hydrogens is 285 g/mol. The molecule has 0 bridgehead atoms. The molecule has 0 unspecified atom stereocenters. The van der Waals surface area contributed by atoms with Gasteiger partial charge in [-0.2, -0.15) is 4.98 Å². The Balaban J connectivity index is 1.75. The Morgan fingerprint density at radius 2 is 2.27 bits per heavy atom. The lowest BCUT2D eigenvalue weighted by atomic mass is 9.96. The van der Waals surface area contributed by atoms with Crippen LogP contribution in [0.15, 0.2) is 28.8 Å². The number of carbonyl (C=O) groups is 1. The number of amides is 1. The zero-order valence-corrected chi connectivity index (χ0v) is 12.5. The fraction of sp³-hybridized carbons (Fsp3) is 0.438. The first-order valence-corrected chi connectivity index (χ1v) is 7.55. The van der Waals surface area contributed by atoms with Crippen LogP contribution >= 0.6 is 0 Å². The molecule has 2 aromatic rings. The van der Waals surface area contributed by atoms with Gasteiger partial charge in [-0.15, -0.1) is 0 Å². The van der Waals surface area contributed by atoms with Crippen molar-refractivity contribution in [3.05, 3.63) is 47.4 Å². The molecule has 1 aromatic heterocycles. The molecule has 0 saturated carbocycles. The Hall–Kier alpha value is -2.24. The lowest BCUT2D eigenvalue weighted by molar-refractivity contribution is 0.0699. The lowest BCUT2D eigenvalue weighted by Crippen LogP contribution is -2.39. The first kappa shape index (κ1) is 14.7. The smallest absolute Gasteiger partial charge is 0.256 e. The van der Waals surface area contributed by atoms with Crippen molar-refractivity contribution in [1.82, 2.24) is 15.0 Å². The highest BCUT2D eigenvalue weighted by molar-refractivity contribution is 5.94. The summed E-state index contributed by atoms with van der Waals surface area (Å²) >= 11 is 0. The molecule has 0 aliphatic carbocycles. The molecule has 1 fully saturated rings. The van der Waals surface area contributed by atoms with Gasteiger partial charge in [-0.05, 0) is 25.0 Å². The van der Waals surface area contributed by atoms with Crippen molar-refractivity contribution in [1.29, 1.82) is 0 Å². The molecule has 116 valence electrons. The molecule has 6 heteroatoms. The van der Waals surface area contributed by atoms with Crippen molar-refractivity contribution in [3.63, 3.8) is 0 Å². The third kappa shape index (κ3) is 2.86. The van der Waals surface area contributed by atoms with Crippen LogP contribution in [0, 0.1) is 5.82 Å². The zero-order chi connectivity index (χ0) is 15.5. The predicted octanol–water partition coefficient (Wildman–Crippen LogP) is 2.79. The maximum Gasteiger partial charge on any atom is 0.256 e. The van der Waals surface area contributed by atoms with Crippen LogP contribution in [-0.2, 0) is 6.42 Å². The molecular formula is C16H18FN3O2. The Morgan fingerprint density at radius 1 is 1.45 bits per heavy atom. The predicted molar refractivity (Wildman–Crippen MR) is 78.0 cm³/mol.